The van der Waals surface area contributed by atoms with E-state index in [9.17, 15) is 9.59 Å². The number of amides is 2. The van der Waals surface area contributed by atoms with Crippen molar-refractivity contribution >= 4 is 22.7 Å². The number of aromatic nitrogens is 1. The lowest BCUT2D eigenvalue weighted by Crippen LogP contribution is -2.45. The van der Waals surface area contributed by atoms with Gasteiger partial charge in [-0.15, -0.1) is 0 Å². The van der Waals surface area contributed by atoms with Crippen LogP contribution in [0.4, 0.5) is 0 Å². The van der Waals surface area contributed by atoms with Crippen LogP contribution >= 0.6 is 0 Å². The molecular weight excluding hydrogens is 278 g/mol. The smallest absolute Gasteiger partial charge is 0.252 e. The lowest BCUT2D eigenvalue weighted by molar-refractivity contribution is -0.122. The number of hydrogen-bond donors (Lipinski definition) is 2. The minimum Gasteiger partial charge on any atom is -0.354 e. The van der Waals surface area contributed by atoms with Crippen LogP contribution < -0.4 is 10.6 Å². The number of carbonyl (C=O) groups excluding carboxylic acids is 2. The summed E-state index contributed by atoms with van der Waals surface area (Å²) in [6.45, 7) is 6.12. The van der Waals surface area contributed by atoms with Gasteiger partial charge in [0.05, 0.1) is 11.1 Å². The van der Waals surface area contributed by atoms with E-state index >= 15 is 0 Å². The Morgan fingerprint density at radius 2 is 2.00 bits per heavy atom. The monoisotopic (exact) mass is 299 g/mol. The van der Waals surface area contributed by atoms with E-state index in [-0.39, 0.29) is 11.8 Å². The van der Waals surface area contributed by atoms with Crippen molar-refractivity contribution in [3.8, 4) is 0 Å². The Bertz CT molecular complexity index is 697. The van der Waals surface area contributed by atoms with Gasteiger partial charge < -0.3 is 10.6 Å². The van der Waals surface area contributed by atoms with Crippen molar-refractivity contribution in [2.24, 2.45) is 0 Å². The Hall–Kier alpha value is -2.43. The van der Waals surface area contributed by atoms with Crippen LogP contribution in [0.3, 0.4) is 0 Å². The van der Waals surface area contributed by atoms with E-state index in [4.69, 9.17) is 0 Å². The molecule has 2 amide bonds. The second-order valence-corrected chi connectivity index (χ2v) is 5.31. The summed E-state index contributed by atoms with van der Waals surface area (Å²) in [5.41, 5.74) is 2.08. The maximum Gasteiger partial charge on any atom is 0.252 e. The molecular formula is C17H21N3O2. The van der Waals surface area contributed by atoms with E-state index in [1.165, 1.54) is 0 Å². The van der Waals surface area contributed by atoms with Crippen molar-refractivity contribution in [3.63, 3.8) is 0 Å². The highest BCUT2D eigenvalue weighted by atomic mass is 16.2. The number of benzene rings is 1. The average Bonchev–Trinajstić information content (AvgIpc) is 2.51. The molecule has 1 aromatic heterocycles. The molecule has 0 bridgehead atoms. The lowest BCUT2D eigenvalue weighted by atomic mass is 10.1. The number of hydrogen-bond acceptors (Lipinski definition) is 3. The summed E-state index contributed by atoms with van der Waals surface area (Å²) < 4.78 is 0. The first kappa shape index (κ1) is 15.9. The van der Waals surface area contributed by atoms with Crippen LogP contribution in [-0.4, -0.2) is 29.4 Å². The van der Waals surface area contributed by atoms with Crippen LogP contribution in [0, 0.1) is 6.92 Å². The number of fused-ring (bicyclic) bond motifs is 1. The van der Waals surface area contributed by atoms with E-state index < -0.39 is 6.04 Å². The molecule has 1 atom stereocenters. The third kappa shape index (κ3) is 3.61. The normalized spacial score (nSPS) is 12.0. The lowest BCUT2D eigenvalue weighted by Gasteiger charge is -2.15. The summed E-state index contributed by atoms with van der Waals surface area (Å²) in [4.78, 5) is 28.8. The SMILES string of the molecule is CCCNC(=O)[C@H](C)NC(=O)c1cc(C)nc2ccccc12. The van der Waals surface area contributed by atoms with Gasteiger partial charge in [-0.3, -0.25) is 14.6 Å². The summed E-state index contributed by atoms with van der Waals surface area (Å²) in [5, 5.41) is 6.30. The molecule has 116 valence electrons. The van der Waals surface area contributed by atoms with Crippen LogP contribution in [0.5, 0.6) is 0 Å². The molecule has 0 aliphatic carbocycles. The van der Waals surface area contributed by atoms with Crippen LogP contribution in [0.15, 0.2) is 30.3 Å². The predicted molar refractivity (Wildman–Crippen MR) is 86.7 cm³/mol. The van der Waals surface area contributed by atoms with Gasteiger partial charge in [-0.2, -0.15) is 0 Å². The molecule has 0 saturated heterocycles. The number of aryl methyl sites for hydroxylation is 1. The van der Waals surface area contributed by atoms with Crippen molar-refractivity contribution in [1.29, 1.82) is 0 Å². The van der Waals surface area contributed by atoms with Gasteiger partial charge in [0, 0.05) is 17.6 Å². The molecule has 1 heterocycles. The molecule has 22 heavy (non-hydrogen) atoms. The van der Waals surface area contributed by atoms with Gasteiger partial charge in [0.25, 0.3) is 5.91 Å². The number of pyridine rings is 1. The number of rotatable bonds is 5. The van der Waals surface area contributed by atoms with Crippen LogP contribution in [-0.2, 0) is 4.79 Å². The quantitative estimate of drug-likeness (QED) is 0.889. The van der Waals surface area contributed by atoms with Gasteiger partial charge in [-0.1, -0.05) is 25.1 Å². The molecule has 2 aromatic rings. The summed E-state index contributed by atoms with van der Waals surface area (Å²) in [5.74, 6) is -0.439. The highest BCUT2D eigenvalue weighted by Crippen LogP contribution is 2.18. The van der Waals surface area contributed by atoms with Gasteiger partial charge in [-0.05, 0) is 32.4 Å². The molecule has 5 nitrogen and oxygen atoms in total. The molecule has 0 fully saturated rings. The molecule has 0 aliphatic heterocycles. The second-order valence-electron chi connectivity index (χ2n) is 5.31. The van der Waals surface area contributed by atoms with E-state index in [0.717, 1.165) is 23.0 Å². The maximum absolute atomic E-state index is 12.5. The Labute approximate surface area is 130 Å². The minimum atomic E-state index is -0.578. The fraction of sp³-hybridized carbons (Fsp3) is 0.353. The largest absolute Gasteiger partial charge is 0.354 e. The molecule has 0 radical (unpaired) electrons. The molecule has 2 N–H and O–H groups in total. The Morgan fingerprint density at radius 1 is 1.27 bits per heavy atom. The van der Waals surface area contributed by atoms with Gasteiger partial charge in [0.2, 0.25) is 5.91 Å². The van der Waals surface area contributed by atoms with Crippen LogP contribution in [0.2, 0.25) is 0 Å². The van der Waals surface area contributed by atoms with Gasteiger partial charge >= 0.3 is 0 Å². The molecule has 2 rings (SSSR count). The summed E-state index contributed by atoms with van der Waals surface area (Å²) in [7, 11) is 0. The third-order valence-corrected chi connectivity index (χ3v) is 3.38. The highest BCUT2D eigenvalue weighted by molar-refractivity contribution is 6.07. The maximum atomic E-state index is 12.5. The van der Waals surface area contributed by atoms with E-state index in [1.54, 1.807) is 13.0 Å². The standard InChI is InChI=1S/C17H21N3O2/c1-4-9-18-16(21)12(3)20-17(22)14-10-11(2)19-15-8-6-5-7-13(14)15/h5-8,10,12H,4,9H2,1-3H3,(H,18,21)(H,20,22)/t12-/m0/s1. The Morgan fingerprint density at radius 3 is 2.73 bits per heavy atom. The zero-order chi connectivity index (χ0) is 16.1. The first-order valence-electron chi connectivity index (χ1n) is 7.48. The zero-order valence-corrected chi connectivity index (χ0v) is 13.1. The predicted octanol–water partition coefficient (Wildman–Crippen LogP) is 2.19. The van der Waals surface area contributed by atoms with E-state index in [1.807, 2.05) is 38.1 Å². The fourth-order valence-electron chi connectivity index (χ4n) is 2.24. The minimum absolute atomic E-state index is 0.176. The fourth-order valence-corrected chi connectivity index (χ4v) is 2.24. The van der Waals surface area contributed by atoms with Crippen LogP contribution in [0.25, 0.3) is 10.9 Å². The number of carbonyl (C=O) groups is 2. The van der Waals surface area contributed by atoms with Gasteiger partial charge in [0.15, 0.2) is 0 Å². The molecule has 5 heteroatoms. The summed E-state index contributed by atoms with van der Waals surface area (Å²) in [6, 6.07) is 8.65. The van der Waals surface area contributed by atoms with Crippen molar-refractivity contribution in [2.45, 2.75) is 33.2 Å². The van der Waals surface area contributed by atoms with Gasteiger partial charge in [0.1, 0.15) is 6.04 Å². The molecule has 1 aromatic carbocycles. The third-order valence-electron chi connectivity index (χ3n) is 3.38. The molecule has 0 unspecified atom stereocenters. The van der Waals surface area contributed by atoms with E-state index in [2.05, 4.69) is 15.6 Å². The van der Waals surface area contributed by atoms with Crippen molar-refractivity contribution in [2.75, 3.05) is 6.54 Å². The molecule has 0 saturated carbocycles. The average molecular weight is 299 g/mol. The van der Waals surface area contributed by atoms with Crippen molar-refractivity contribution in [1.82, 2.24) is 15.6 Å². The van der Waals surface area contributed by atoms with E-state index in [0.29, 0.717) is 12.1 Å². The zero-order valence-electron chi connectivity index (χ0n) is 13.1. The first-order valence-corrected chi connectivity index (χ1v) is 7.48. The number of nitrogens with one attached hydrogen (secondary N) is 2. The molecule has 0 spiro atoms. The second kappa shape index (κ2) is 7.02. The Kier molecular flexibility index (Phi) is 5.09. The topological polar surface area (TPSA) is 71.1 Å². The molecule has 0 aliphatic rings. The van der Waals surface area contributed by atoms with Crippen LogP contribution in [0.1, 0.15) is 36.3 Å². The Balaban J connectivity index is 2.21. The number of para-hydroxylation sites is 1. The van der Waals surface area contributed by atoms with Gasteiger partial charge in [-0.25, -0.2) is 0 Å². The summed E-state index contributed by atoms with van der Waals surface area (Å²) >= 11 is 0. The first-order chi connectivity index (χ1) is 10.5. The number of nitrogens with zero attached hydrogens (tertiary/aromatic N) is 1. The van der Waals surface area contributed by atoms with Crippen molar-refractivity contribution in [3.05, 3.63) is 41.6 Å². The van der Waals surface area contributed by atoms with Crippen molar-refractivity contribution < 1.29 is 9.59 Å². The highest BCUT2D eigenvalue weighted by Gasteiger charge is 2.18. The summed E-state index contributed by atoms with van der Waals surface area (Å²) in [6.07, 6.45) is 0.862.